The second-order valence-electron chi connectivity index (χ2n) is 5.30. The number of nitrogens with zero attached hydrogens (tertiary/aromatic N) is 1. The van der Waals surface area contributed by atoms with Crippen molar-refractivity contribution < 1.29 is 14.2 Å². The molecule has 3 heteroatoms. The average molecular weight is 290 g/mol. The van der Waals surface area contributed by atoms with E-state index in [9.17, 15) is 9.59 Å². The fourth-order valence-corrected chi connectivity index (χ4v) is 2.42. The van der Waals surface area contributed by atoms with Crippen LogP contribution >= 0.6 is 0 Å². The van der Waals surface area contributed by atoms with E-state index in [0.717, 1.165) is 10.8 Å². The van der Waals surface area contributed by atoms with Gasteiger partial charge in [-0.2, -0.15) is 4.57 Å². The Hall–Kier alpha value is -2.81. The Labute approximate surface area is 128 Å². The van der Waals surface area contributed by atoms with Crippen molar-refractivity contribution in [1.29, 1.82) is 0 Å². The third-order valence-electron chi connectivity index (χ3n) is 3.70. The first-order valence-electron chi connectivity index (χ1n) is 7.15. The fourth-order valence-electron chi connectivity index (χ4n) is 2.42. The molecule has 0 radical (unpaired) electrons. The molecule has 0 bridgehead atoms. The zero-order valence-electron chi connectivity index (χ0n) is 12.3. The summed E-state index contributed by atoms with van der Waals surface area (Å²) < 4.78 is 1.78. The maximum Gasteiger partial charge on any atom is 0.227 e. The van der Waals surface area contributed by atoms with E-state index in [0.29, 0.717) is 11.1 Å². The van der Waals surface area contributed by atoms with Crippen LogP contribution in [0.3, 0.4) is 0 Å². The number of carbonyl (C=O) groups excluding carboxylic acids is 2. The van der Waals surface area contributed by atoms with Gasteiger partial charge in [0.25, 0.3) is 0 Å². The number of hydrogen-bond donors (Lipinski definition) is 0. The fraction of sp³-hybridized carbons (Fsp3) is 0.105. The number of aromatic nitrogens is 1. The topological polar surface area (TPSA) is 38.0 Å². The van der Waals surface area contributed by atoms with Gasteiger partial charge in [-0.15, -0.1) is 0 Å². The predicted octanol–water partition coefficient (Wildman–Crippen LogP) is 3.21. The third-order valence-corrected chi connectivity index (χ3v) is 3.70. The Kier molecular flexibility index (Phi) is 3.79. The van der Waals surface area contributed by atoms with Gasteiger partial charge in [-0.3, -0.25) is 9.59 Å². The first-order valence-corrected chi connectivity index (χ1v) is 7.15. The summed E-state index contributed by atoms with van der Waals surface area (Å²) in [7, 11) is 0. The Morgan fingerprint density at radius 2 is 1.55 bits per heavy atom. The van der Waals surface area contributed by atoms with E-state index in [1.54, 1.807) is 29.1 Å². The molecule has 2 aromatic carbocycles. The first-order chi connectivity index (χ1) is 10.6. The molecule has 22 heavy (non-hydrogen) atoms. The van der Waals surface area contributed by atoms with Crippen molar-refractivity contribution in [2.75, 3.05) is 0 Å². The van der Waals surface area contributed by atoms with Crippen molar-refractivity contribution in [2.24, 2.45) is 0 Å². The van der Waals surface area contributed by atoms with Crippen molar-refractivity contribution in [3.8, 4) is 0 Å². The molecule has 3 nitrogen and oxygen atoms in total. The third kappa shape index (κ3) is 2.93. The van der Waals surface area contributed by atoms with E-state index in [1.807, 2.05) is 42.5 Å². The average Bonchev–Trinajstić information content (AvgIpc) is 2.55. The van der Waals surface area contributed by atoms with Crippen molar-refractivity contribution in [1.82, 2.24) is 0 Å². The summed E-state index contributed by atoms with van der Waals surface area (Å²) in [4.78, 5) is 23.6. The molecule has 0 N–H and O–H groups in total. The number of ketones is 2. The van der Waals surface area contributed by atoms with E-state index in [2.05, 4.69) is 0 Å². The Morgan fingerprint density at radius 1 is 0.864 bits per heavy atom. The zero-order chi connectivity index (χ0) is 15.5. The van der Waals surface area contributed by atoms with Gasteiger partial charge >= 0.3 is 0 Å². The summed E-state index contributed by atoms with van der Waals surface area (Å²) in [5.41, 5.74) is 1.34. The van der Waals surface area contributed by atoms with Crippen molar-refractivity contribution in [2.45, 2.75) is 13.5 Å². The van der Waals surface area contributed by atoms with Crippen LogP contribution in [0, 0.1) is 0 Å². The summed E-state index contributed by atoms with van der Waals surface area (Å²) in [6, 6.07) is 17.2. The van der Waals surface area contributed by atoms with Crippen LogP contribution in [-0.2, 0) is 6.54 Å². The molecule has 108 valence electrons. The van der Waals surface area contributed by atoms with Gasteiger partial charge in [-0.25, -0.2) is 0 Å². The van der Waals surface area contributed by atoms with Crippen LogP contribution in [-0.4, -0.2) is 11.6 Å². The molecule has 0 aliphatic heterocycles. The minimum atomic E-state index is 0.0213. The first kappa shape index (κ1) is 14.1. The summed E-state index contributed by atoms with van der Waals surface area (Å²) in [6.07, 6.45) is 3.52. The van der Waals surface area contributed by atoms with Crippen LogP contribution in [0.15, 0.2) is 67.0 Å². The quantitative estimate of drug-likeness (QED) is 0.546. The van der Waals surface area contributed by atoms with Crippen LogP contribution < -0.4 is 4.57 Å². The van der Waals surface area contributed by atoms with E-state index in [-0.39, 0.29) is 18.1 Å². The normalized spacial score (nSPS) is 10.6. The summed E-state index contributed by atoms with van der Waals surface area (Å²) in [6.45, 7) is 1.79. The van der Waals surface area contributed by atoms with Crippen LogP contribution in [0.1, 0.15) is 27.6 Å². The van der Waals surface area contributed by atoms with Crippen LogP contribution in [0.2, 0.25) is 0 Å². The van der Waals surface area contributed by atoms with E-state index in [4.69, 9.17) is 0 Å². The summed E-state index contributed by atoms with van der Waals surface area (Å²) in [5.74, 6) is 0.0688. The van der Waals surface area contributed by atoms with Gasteiger partial charge in [0, 0.05) is 23.3 Å². The monoisotopic (exact) mass is 290 g/mol. The second-order valence-corrected chi connectivity index (χ2v) is 5.30. The van der Waals surface area contributed by atoms with Gasteiger partial charge in [0.05, 0.1) is 0 Å². The number of pyridine rings is 1. The SMILES string of the molecule is CC(=O)c1cc[n+](CC(=O)c2ccc3ccccc3c2)cc1. The zero-order valence-corrected chi connectivity index (χ0v) is 12.3. The molecule has 0 aliphatic rings. The summed E-state index contributed by atoms with van der Waals surface area (Å²) in [5, 5.41) is 2.18. The van der Waals surface area contributed by atoms with Crippen LogP contribution in [0.4, 0.5) is 0 Å². The number of hydrogen-bond acceptors (Lipinski definition) is 2. The van der Waals surface area contributed by atoms with Crippen LogP contribution in [0.5, 0.6) is 0 Å². The summed E-state index contributed by atoms with van der Waals surface area (Å²) >= 11 is 0. The number of fused-ring (bicyclic) bond motifs is 1. The smallest absolute Gasteiger partial charge is 0.227 e. The van der Waals surface area contributed by atoms with Gasteiger partial charge in [0.1, 0.15) is 0 Å². The molecular weight excluding hydrogens is 274 g/mol. The predicted molar refractivity (Wildman–Crippen MR) is 84.9 cm³/mol. The number of carbonyl (C=O) groups is 2. The molecule has 0 atom stereocenters. The molecule has 0 spiro atoms. The molecule has 0 fully saturated rings. The highest BCUT2D eigenvalue weighted by atomic mass is 16.1. The van der Waals surface area contributed by atoms with Gasteiger partial charge < -0.3 is 0 Å². The van der Waals surface area contributed by atoms with Gasteiger partial charge in [-0.1, -0.05) is 36.4 Å². The maximum atomic E-state index is 12.4. The lowest BCUT2D eigenvalue weighted by Crippen LogP contribution is -2.37. The lowest BCUT2D eigenvalue weighted by Gasteiger charge is -2.02. The Morgan fingerprint density at radius 3 is 2.23 bits per heavy atom. The van der Waals surface area contributed by atoms with Gasteiger partial charge in [0.2, 0.25) is 12.3 Å². The lowest BCUT2D eigenvalue weighted by molar-refractivity contribution is -0.683. The Balaban J connectivity index is 1.81. The lowest BCUT2D eigenvalue weighted by atomic mass is 10.0. The molecule has 3 rings (SSSR count). The molecule has 1 aromatic heterocycles. The molecule has 3 aromatic rings. The minimum absolute atomic E-state index is 0.0213. The van der Waals surface area contributed by atoms with Crippen molar-refractivity contribution in [3.63, 3.8) is 0 Å². The number of benzene rings is 2. The highest BCUT2D eigenvalue weighted by Crippen LogP contribution is 2.16. The number of Topliss-reactive ketones (excluding diaryl/α,β-unsaturated/α-hetero) is 2. The standard InChI is InChI=1S/C19H16NO2/c1-14(21)15-8-10-20(11-9-15)13-19(22)18-7-6-16-4-2-3-5-17(16)12-18/h2-12H,13H2,1H3/q+1. The minimum Gasteiger partial charge on any atom is -0.295 e. The molecule has 0 unspecified atom stereocenters. The molecule has 0 saturated heterocycles. The van der Waals surface area contributed by atoms with Gasteiger partial charge in [0.15, 0.2) is 18.2 Å². The second kappa shape index (κ2) is 5.90. The Bertz CT molecular complexity index is 851. The maximum absolute atomic E-state index is 12.4. The van der Waals surface area contributed by atoms with E-state index >= 15 is 0 Å². The van der Waals surface area contributed by atoms with Gasteiger partial charge in [-0.05, 0) is 23.8 Å². The highest BCUT2D eigenvalue weighted by Gasteiger charge is 2.13. The van der Waals surface area contributed by atoms with Crippen LogP contribution in [0.25, 0.3) is 10.8 Å². The molecule has 0 aliphatic carbocycles. The van der Waals surface area contributed by atoms with E-state index < -0.39 is 0 Å². The highest BCUT2D eigenvalue weighted by molar-refractivity contribution is 5.99. The molecule has 0 amide bonds. The largest absolute Gasteiger partial charge is 0.295 e. The number of rotatable bonds is 4. The van der Waals surface area contributed by atoms with Crippen molar-refractivity contribution in [3.05, 3.63) is 78.1 Å². The molecular formula is C19H16NO2+. The van der Waals surface area contributed by atoms with Crippen molar-refractivity contribution >= 4 is 22.3 Å². The molecule has 1 heterocycles. The van der Waals surface area contributed by atoms with E-state index in [1.165, 1.54) is 6.92 Å². The molecule has 0 saturated carbocycles.